The first-order chi connectivity index (χ1) is 10.2. The second-order valence-corrected chi connectivity index (χ2v) is 6.42. The molecule has 1 aliphatic rings. The van der Waals surface area contributed by atoms with Crippen molar-refractivity contribution in [3.8, 4) is 0 Å². The van der Waals surface area contributed by atoms with Gasteiger partial charge in [-0.3, -0.25) is 0 Å². The van der Waals surface area contributed by atoms with E-state index >= 15 is 0 Å². The van der Waals surface area contributed by atoms with Crippen LogP contribution in [0, 0.1) is 11.8 Å². The number of rotatable bonds is 7. The fourth-order valence-electron chi connectivity index (χ4n) is 2.95. The topological polar surface area (TPSA) is 30.5 Å². The molecule has 2 unspecified atom stereocenters. The monoisotopic (exact) mass is 291 g/mol. The lowest BCUT2D eigenvalue weighted by atomic mass is 9.89. The van der Waals surface area contributed by atoms with Crippen LogP contribution in [-0.2, 0) is 16.1 Å². The van der Waals surface area contributed by atoms with Gasteiger partial charge in [0.05, 0.1) is 12.7 Å². The lowest BCUT2D eigenvalue weighted by Gasteiger charge is -2.32. The molecule has 0 spiro atoms. The Morgan fingerprint density at radius 1 is 1.29 bits per heavy atom. The van der Waals surface area contributed by atoms with Crippen LogP contribution in [0.4, 0.5) is 0 Å². The number of ether oxygens (including phenoxy) is 2. The van der Waals surface area contributed by atoms with Gasteiger partial charge in [0, 0.05) is 26.2 Å². The van der Waals surface area contributed by atoms with Crippen LogP contribution >= 0.6 is 0 Å². The van der Waals surface area contributed by atoms with Gasteiger partial charge in [-0.15, -0.1) is 0 Å². The van der Waals surface area contributed by atoms with Crippen LogP contribution in [0.5, 0.6) is 0 Å². The maximum atomic E-state index is 6.06. The molecule has 0 saturated carbocycles. The van der Waals surface area contributed by atoms with Crippen molar-refractivity contribution in [2.75, 3.05) is 26.8 Å². The van der Waals surface area contributed by atoms with E-state index in [2.05, 4.69) is 43.4 Å². The van der Waals surface area contributed by atoms with E-state index < -0.39 is 0 Å². The Balaban J connectivity index is 1.96. The highest BCUT2D eigenvalue weighted by molar-refractivity contribution is 5.24. The average molecular weight is 291 g/mol. The molecule has 1 aromatic rings. The molecule has 3 nitrogen and oxygen atoms in total. The Hall–Kier alpha value is -0.900. The van der Waals surface area contributed by atoms with Crippen molar-refractivity contribution in [3.63, 3.8) is 0 Å². The number of nitrogens with one attached hydrogen (secondary N) is 1. The van der Waals surface area contributed by atoms with Crippen LogP contribution in [0.1, 0.15) is 43.9 Å². The maximum Gasteiger partial charge on any atom is 0.0865 e. The van der Waals surface area contributed by atoms with Gasteiger partial charge in [-0.05, 0) is 36.4 Å². The van der Waals surface area contributed by atoms with Gasteiger partial charge in [0.15, 0.2) is 0 Å². The zero-order valence-electron chi connectivity index (χ0n) is 13.6. The van der Waals surface area contributed by atoms with Gasteiger partial charge in [-0.25, -0.2) is 0 Å². The van der Waals surface area contributed by atoms with Crippen molar-refractivity contribution in [2.24, 2.45) is 11.8 Å². The first-order valence-electron chi connectivity index (χ1n) is 8.10. The number of methoxy groups -OCH3 is 1. The van der Waals surface area contributed by atoms with Crippen molar-refractivity contribution >= 4 is 0 Å². The Morgan fingerprint density at radius 3 is 2.71 bits per heavy atom. The van der Waals surface area contributed by atoms with Crippen molar-refractivity contribution in [2.45, 2.75) is 39.4 Å². The third-order valence-electron chi connectivity index (χ3n) is 4.02. The summed E-state index contributed by atoms with van der Waals surface area (Å²) in [6.45, 7) is 8.17. The van der Waals surface area contributed by atoms with Crippen LogP contribution in [0.15, 0.2) is 24.3 Å². The molecule has 21 heavy (non-hydrogen) atoms. The largest absolute Gasteiger partial charge is 0.380 e. The molecule has 118 valence electrons. The van der Waals surface area contributed by atoms with Gasteiger partial charge >= 0.3 is 0 Å². The van der Waals surface area contributed by atoms with Crippen LogP contribution in [0.3, 0.4) is 0 Å². The smallest absolute Gasteiger partial charge is 0.0865 e. The summed E-state index contributed by atoms with van der Waals surface area (Å²) in [6, 6.07) is 8.68. The van der Waals surface area contributed by atoms with E-state index in [0.717, 1.165) is 19.7 Å². The second kappa shape index (κ2) is 8.52. The molecule has 1 heterocycles. The molecule has 3 heteroatoms. The predicted molar refractivity (Wildman–Crippen MR) is 86.3 cm³/mol. The molecule has 0 aromatic heterocycles. The third-order valence-corrected chi connectivity index (χ3v) is 4.02. The van der Waals surface area contributed by atoms with E-state index in [1.807, 2.05) is 0 Å². The van der Waals surface area contributed by atoms with Gasteiger partial charge in [0.1, 0.15) is 0 Å². The molecule has 0 amide bonds. The van der Waals surface area contributed by atoms with Crippen LogP contribution in [-0.4, -0.2) is 26.8 Å². The molecule has 0 radical (unpaired) electrons. The van der Waals surface area contributed by atoms with E-state index in [9.17, 15) is 0 Å². The summed E-state index contributed by atoms with van der Waals surface area (Å²) in [4.78, 5) is 0. The SMILES string of the molecule is COCc1ccc(C2OCCCC2CNCC(C)C)cc1. The van der Waals surface area contributed by atoms with E-state index in [-0.39, 0.29) is 6.10 Å². The van der Waals surface area contributed by atoms with E-state index in [1.54, 1.807) is 7.11 Å². The Labute approximate surface area is 129 Å². The third kappa shape index (κ3) is 5.10. The van der Waals surface area contributed by atoms with Gasteiger partial charge in [0.25, 0.3) is 0 Å². The fourth-order valence-corrected chi connectivity index (χ4v) is 2.95. The summed E-state index contributed by atoms with van der Waals surface area (Å²) in [7, 11) is 1.73. The van der Waals surface area contributed by atoms with E-state index in [0.29, 0.717) is 18.4 Å². The van der Waals surface area contributed by atoms with Crippen molar-refractivity contribution in [1.29, 1.82) is 0 Å². The molecule has 1 N–H and O–H groups in total. The second-order valence-electron chi connectivity index (χ2n) is 6.42. The summed E-state index contributed by atoms with van der Waals surface area (Å²) >= 11 is 0. The first kappa shape index (κ1) is 16.5. The van der Waals surface area contributed by atoms with Crippen LogP contribution < -0.4 is 5.32 Å². The molecule has 2 rings (SSSR count). The Bertz CT molecular complexity index is 402. The number of hydrogen-bond acceptors (Lipinski definition) is 3. The maximum absolute atomic E-state index is 6.06. The highest BCUT2D eigenvalue weighted by atomic mass is 16.5. The molecule has 1 aromatic carbocycles. The minimum Gasteiger partial charge on any atom is -0.380 e. The van der Waals surface area contributed by atoms with Gasteiger partial charge in [0.2, 0.25) is 0 Å². The molecule has 0 aliphatic carbocycles. The minimum atomic E-state index is 0.231. The highest BCUT2D eigenvalue weighted by Gasteiger charge is 2.27. The summed E-state index contributed by atoms with van der Waals surface area (Å²) < 4.78 is 11.2. The van der Waals surface area contributed by atoms with Crippen LogP contribution in [0.25, 0.3) is 0 Å². The Kier molecular flexibility index (Phi) is 6.68. The lowest BCUT2D eigenvalue weighted by Crippen LogP contribution is -2.33. The molecule has 0 bridgehead atoms. The Morgan fingerprint density at radius 2 is 2.05 bits per heavy atom. The lowest BCUT2D eigenvalue weighted by molar-refractivity contribution is -0.0279. The molecular weight excluding hydrogens is 262 g/mol. The summed E-state index contributed by atoms with van der Waals surface area (Å²) in [5, 5.41) is 3.59. The number of hydrogen-bond donors (Lipinski definition) is 1. The van der Waals surface area contributed by atoms with E-state index in [4.69, 9.17) is 9.47 Å². The predicted octanol–water partition coefficient (Wildman–Crippen LogP) is 3.55. The number of benzene rings is 1. The molecule has 2 atom stereocenters. The van der Waals surface area contributed by atoms with Crippen molar-refractivity contribution in [1.82, 2.24) is 5.32 Å². The summed E-state index contributed by atoms with van der Waals surface area (Å²) in [5.41, 5.74) is 2.51. The molecule has 1 saturated heterocycles. The summed E-state index contributed by atoms with van der Waals surface area (Å²) in [5.74, 6) is 1.27. The standard InChI is InChI=1S/C18H29NO2/c1-14(2)11-19-12-17-5-4-10-21-18(17)16-8-6-15(7-9-16)13-20-3/h6-9,14,17-19H,4-5,10-13H2,1-3H3. The van der Waals surface area contributed by atoms with Crippen LogP contribution in [0.2, 0.25) is 0 Å². The average Bonchev–Trinajstić information content (AvgIpc) is 2.49. The zero-order valence-corrected chi connectivity index (χ0v) is 13.6. The first-order valence-corrected chi connectivity index (χ1v) is 8.10. The fraction of sp³-hybridized carbons (Fsp3) is 0.667. The van der Waals surface area contributed by atoms with Gasteiger partial charge in [-0.1, -0.05) is 38.1 Å². The molecule has 1 fully saturated rings. The quantitative estimate of drug-likeness (QED) is 0.833. The van der Waals surface area contributed by atoms with Crippen molar-refractivity contribution in [3.05, 3.63) is 35.4 Å². The highest BCUT2D eigenvalue weighted by Crippen LogP contribution is 2.33. The summed E-state index contributed by atoms with van der Waals surface area (Å²) in [6.07, 6.45) is 2.65. The molecular formula is C18H29NO2. The molecule has 1 aliphatic heterocycles. The van der Waals surface area contributed by atoms with E-state index in [1.165, 1.54) is 24.0 Å². The van der Waals surface area contributed by atoms with Gasteiger partial charge < -0.3 is 14.8 Å². The van der Waals surface area contributed by atoms with Gasteiger partial charge in [-0.2, -0.15) is 0 Å². The van der Waals surface area contributed by atoms with Crippen molar-refractivity contribution < 1.29 is 9.47 Å². The normalized spacial score (nSPS) is 22.7. The minimum absolute atomic E-state index is 0.231. The zero-order chi connectivity index (χ0) is 15.1.